The predicted octanol–water partition coefficient (Wildman–Crippen LogP) is 3.21. The highest BCUT2D eigenvalue weighted by atomic mass is 16.3. The van der Waals surface area contributed by atoms with Crippen molar-refractivity contribution in [2.45, 2.75) is 0 Å². The zero-order valence-corrected chi connectivity index (χ0v) is 13.6. The van der Waals surface area contributed by atoms with E-state index in [4.69, 9.17) is 10.7 Å². The van der Waals surface area contributed by atoms with Gasteiger partial charge in [-0.3, -0.25) is 5.41 Å². The fraction of sp³-hybridized carbons (Fsp3) is 0.105. The molecule has 1 aliphatic heterocycles. The lowest BCUT2D eigenvalue weighted by atomic mass is 10.2. The second-order valence-electron chi connectivity index (χ2n) is 5.90. The van der Waals surface area contributed by atoms with E-state index in [-0.39, 0.29) is 18.1 Å². The van der Waals surface area contributed by atoms with Gasteiger partial charge in [0.1, 0.15) is 17.4 Å². The van der Waals surface area contributed by atoms with Gasteiger partial charge in [-0.25, -0.2) is 4.98 Å². The first-order chi connectivity index (χ1) is 12.1. The first-order valence-corrected chi connectivity index (χ1v) is 7.80. The SMILES string of the molecule is Cn1c(C2=C(O)CN(c3ccc(C#N)cc3)C2=N)nc2ccccc21. The van der Waals surface area contributed by atoms with Crippen LogP contribution in [-0.4, -0.2) is 27.0 Å². The Hall–Kier alpha value is -3.59. The molecule has 1 aromatic heterocycles. The molecule has 2 heterocycles. The van der Waals surface area contributed by atoms with Gasteiger partial charge in [0.15, 0.2) is 0 Å². The highest BCUT2D eigenvalue weighted by Gasteiger charge is 2.32. The third-order valence-electron chi connectivity index (χ3n) is 4.42. The first-order valence-electron chi connectivity index (χ1n) is 7.80. The molecule has 0 fully saturated rings. The molecule has 0 saturated heterocycles. The monoisotopic (exact) mass is 329 g/mol. The summed E-state index contributed by atoms with van der Waals surface area (Å²) in [6, 6.07) is 16.7. The standard InChI is InChI=1S/C19H15N5O/c1-23-15-5-3-2-4-14(15)22-19(23)17-16(25)11-24(18(17)21)13-8-6-12(10-20)7-9-13/h2-9,21,25H,11H2,1H3. The third-order valence-corrected chi connectivity index (χ3v) is 4.42. The number of nitrogens with zero attached hydrogens (tertiary/aromatic N) is 4. The fourth-order valence-corrected chi connectivity index (χ4v) is 3.12. The Kier molecular flexibility index (Phi) is 3.29. The van der Waals surface area contributed by atoms with Gasteiger partial charge in [-0.2, -0.15) is 5.26 Å². The molecule has 3 aromatic rings. The molecule has 0 bridgehead atoms. The minimum Gasteiger partial charge on any atom is -0.509 e. The summed E-state index contributed by atoms with van der Waals surface area (Å²) in [5, 5.41) is 27.9. The summed E-state index contributed by atoms with van der Waals surface area (Å²) in [7, 11) is 1.88. The minimum absolute atomic E-state index is 0.118. The van der Waals surface area contributed by atoms with Crippen molar-refractivity contribution in [2.75, 3.05) is 11.4 Å². The summed E-state index contributed by atoms with van der Waals surface area (Å²) in [6.45, 7) is 0.212. The number of anilines is 1. The number of amidine groups is 1. The fourth-order valence-electron chi connectivity index (χ4n) is 3.12. The molecule has 0 aliphatic carbocycles. The Morgan fingerprint density at radius 3 is 2.56 bits per heavy atom. The number of aliphatic hydroxyl groups excluding tert-OH is 1. The molecule has 2 N–H and O–H groups in total. The smallest absolute Gasteiger partial charge is 0.148 e. The highest BCUT2D eigenvalue weighted by molar-refractivity contribution is 6.30. The van der Waals surface area contributed by atoms with E-state index in [1.807, 2.05) is 35.9 Å². The van der Waals surface area contributed by atoms with Gasteiger partial charge in [0, 0.05) is 12.7 Å². The van der Waals surface area contributed by atoms with Crippen LogP contribution in [0.15, 0.2) is 54.3 Å². The summed E-state index contributed by atoms with van der Waals surface area (Å²) in [4.78, 5) is 6.28. The van der Waals surface area contributed by atoms with Crippen LogP contribution in [0.4, 0.5) is 5.69 Å². The van der Waals surface area contributed by atoms with Gasteiger partial charge >= 0.3 is 0 Å². The van der Waals surface area contributed by atoms with Gasteiger partial charge in [0.2, 0.25) is 0 Å². The number of fused-ring (bicyclic) bond motifs is 1. The molecular weight excluding hydrogens is 314 g/mol. The number of nitriles is 1. The van der Waals surface area contributed by atoms with Crippen LogP contribution in [0.5, 0.6) is 0 Å². The Morgan fingerprint density at radius 2 is 1.88 bits per heavy atom. The zero-order chi connectivity index (χ0) is 17.6. The molecular formula is C19H15N5O. The second-order valence-corrected chi connectivity index (χ2v) is 5.90. The Bertz CT molecular complexity index is 1070. The summed E-state index contributed by atoms with van der Waals surface area (Å²) in [5.41, 5.74) is 3.52. The Labute approximate surface area is 144 Å². The largest absolute Gasteiger partial charge is 0.509 e. The van der Waals surface area contributed by atoms with Crippen molar-refractivity contribution in [3.63, 3.8) is 0 Å². The van der Waals surface area contributed by atoms with Crippen LogP contribution in [0.1, 0.15) is 11.4 Å². The average Bonchev–Trinajstić information content (AvgIpc) is 3.12. The van der Waals surface area contributed by atoms with Crippen molar-refractivity contribution in [3.05, 3.63) is 65.7 Å². The van der Waals surface area contributed by atoms with Gasteiger partial charge in [-0.1, -0.05) is 12.1 Å². The summed E-state index contributed by atoms with van der Waals surface area (Å²) in [6.07, 6.45) is 0. The topological polar surface area (TPSA) is 88.9 Å². The minimum atomic E-state index is 0.118. The number of para-hydroxylation sites is 2. The number of imidazole rings is 1. The number of aliphatic hydroxyl groups is 1. The predicted molar refractivity (Wildman–Crippen MR) is 96.5 cm³/mol. The summed E-state index contributed by atoms with van der Waals surface area (Å²) >= 11 is 0. The highest BCUT2D eigenvalue weighted by Crippen LogP contribution is 2.32. The molecule has 0 radical (unpaired) electrons. The van der Waals surface area contributed by atoms with Crippen molar-refractivity contribution in [1.29, 1.82) is 10.7 Å². The van der Waals surface area contributed by atoms with E-state index in [1.54, 1.807) is 29.2 Å². The van der Waals surface area contributed by atoms with Crippen LogP contribution in [0.3, 0.4) is 0 Å². The molecule has 1 aliphatic rings. The molecule has 2 aromatic carbocycles. The Morgan fingerprint density at radius 1 is 1.16 bits per heavy atom. The van der Waals surface area contributed by atoms with E-state index in [2.05, 4.69) is 11.1 Å². The van der Waals surface area contributed by atoms with Crippen LogP contribution in [0.25, 0.3) is 16.6 Å². The van der Waals surface area contributed by atoms with E-state index in [1.165, 1.54) is 0 Å². The summed E-state index contributed by atoms with van der Waals surface area (Å²) < 4.78 is 1.89. The molecule has 0 atom stereocenters. The van der Waals surface area contributed by atoms with Crippen LogP contribution >= 0.6 is 0 Å². The average molecular weight is 329 g/mol. The maximum Gasteiger partial charge on any atom is 0.148 e. The number of aryl methyl sites for hydroxylation is 1. The number of hydrogen-bond acceptors (Lipinski definition) is 4. The molecule has 0 spiro atoms. The number of benzene rings is 2. The van der Waals surface area contributed by atoms with Crippen LogP contribution in [0.2, 0.25) is 0 Å². The first kappa shape index (κ1) is 15.0. The molecule has 0 unspecified atom stereocenters. The van der Waals surface area contributed by atoms with Crippen molar-refractivity contribution in [1.82, 2.24) is 9.55 Å². The van der Waals surface area contributed by atoms with Crippen molar-refractivity contribution in [3.8, 4) is 6.07 Å². The molecule has 0 amide bonds. The molecule has 6 nitrogen and oxygen atoms in total. The van der Waals surface area contributed by atoms with Crippen molar-refractivity contribution < 1.29 is 5.11 Å². The van der Waals surface area contributed by atoms with Gasteiger partial charge in [-0.15, -0.1) is 0 Å². The number of hydrogen-bond donors (Lipinski definition) is 2. The zero-order valence-electron chi connectivity index (χ0n) is 13.6. The summed E-state index contributed by atoms with van der Waals surface area (Å²) in [5.74, 6) is 0.883. The lowest BCUT2D eigenvalue weighted by molar-refractivity contribution is 0.411. The third kappa shape index (κ3) is 2.25. The lowest BCUT2D eigenvalue weighted by Crippen LogP contribution is -2.26. The van der Waals surface area contributed by atoms with E-state index in [9.17, 15) is 5.11 Å². The molecule has 25 heavy (non-hydrogen) atoms. The Balaban J connectivity index is 1.75. The molecule has 6 heteroatoms. The van der Waals surface area contributed by atoms with Crippen molar-refractivity contribution >= 4 is 28.1 Å². The number of rotatable bonds is 2. The second kappa shape index (κ2) is 5.49. The van der Waals surface area contributed by atoms with E-state index >= 15 is 0 Å². The van der Waals surface area contributed by atoms with E-state index in [0.717, 1.165) is 16.7 Å². The van der Waals surface area contributed by atoms with E-state index < -0.39 is 0 Å². The maximum absolute atomic E-state index is 10.5. The van der Waals surface area contributed by atoms with Gasteiger partial charge < -0.3 is 14.6 Å². The molecule has 4 rings (SSSR count). The number of aromatic nitrogens is 2. The maximum atomic E-state index is 10.5. The molecule has 122 valence electrons. The van der Waals surface area contributed by atoms with Crippen LogP contribution in [0, 0.1) is 16.7 Å². The van der Waals surface area contributed by atoms with Gasteiger partial charge in [0.25, 0.3) is 0 Å². The van der Waals surface area contributed by atoms with Gasteiger partial charge in [-0.05, 0) is 36.4 Å². The van der Waals surface area contributed by atoms with Gasteiger partial charge in [0.05, 0.1) is 34.8 Å². The van der Waals surface area contributed by atoms with E-state index in [0.29, 0.717) is 17.0 Å². The molecule has 0 saturated carbocycles. The number of nitrogens with one attached hydrogen (secondary N) is 1. The lowest BCUT2D eigenvalue weighted by Gasteiger charge is -2.18. The normalized spacial score (nSPS) is 14.4. The van der Waals surface area contributed by atoms with Crippen LogP contribution in [-0.2, 0) is 7.05 Å². The van der Waals surface area contributed by atoms with Crippen molar-refractivity contribution in [2.24, 2.45) is 7.05 Å². The van der Waals surface area contributed by atoms with Crippen LogP contribution < -0.4 is 4.90 Å². The quantitative estimate of drug-likeness (QED) is 0.755.